The number of rotatable bonds is 8. The fraction of sp³-hybridized carbons (Fsp3) is 0.577. The molecule has 0 bridgehead atoms. The van der Waals surface area contributed by atoms with Crippen LogP contribution in [0.15, 0.2) is 24.4 Å². The van der Waals surface area contributed by atoms with Gasteiger partial charge >= 0.3 is 6.18 Å². The summed E-state index contributed by atoms with van der Waals surface area (Å²) < 4.78 is 49.9. The van der Waals surface area contributed by atoms with Crippen LogP contribution < -0.4 is 10.1 Å². The topological polar surface area (TPSA) is 81.5 Å². The molecular weight excluding hydrogens is 519 g/mol. The van der Waals surface area contributed by atoms with Crippen LogP contribution in [-0.4, -0.2) is 70.7 Å². The van der Waals surface area contributed by atoms with Gasteiger partial charge in [-0.1, -0.05) is 17.4 Å². The van der Waals surface area contributed by atoms with E-state index >= 15 is 0 Å². The van der Waals surface area contributed by atoms with Gasteiger partial charge in [-0.2, -0.15) is 18.3 Å². The standard InChI is InChI=1S/C26H32F3N5O3S/c1-33-12-19-18(4-3-5-20(19)32-33)24(35)30-17-8-6-16(7-9-17)22(36-2)14-34-11-10-23-21(13-34)31-25(38-23)37-15-26(27,28)29/h3-5,12,16-17,22H,6-11,13-15H2,1-2H3,(H,30,35)/t16-,17-,22-/m0/s1. The average Bonchev–Trinajstić information content (AvgIpc) is 3.47. The molecular formula is C26H32F3N5O3S. The van der Waals surface area contributed by atoms with Crippen LogP contribution in [0.5, 0.6) is 5.19 Å². The van der Waals surface area contributed by atoms with E-state index in [4.69, 9.17) is 9.47 Å². The number of methoxy groups -OCH3 is 1. The Morgan fingerprint density at radius 2 is 2.05 bits per heavy atom. The fourth-order valence-corrected chi connectivity index (χ4v) is 6.42. The van der Waals surface area contributed by atoms with Gasteiger partial charge in [0.2, 0.25) is 0 Å². The number of benzene rings is 1. The highest BCUT2D eigenvalue weighted by atomic mass is 32.1. The predicted molar refractivity (Wildman–Crippen MR) is 137 cm³/mol. The average molecular weight is 552 g/mol. The Hall–Kier alpha value is -2.70. The van der Waals surface area contributed by atoms with Gasteiger partial charge in [0, 0.05) is 56.3 Å². The number of ether oxygens (including phenoxy) is 2. The molecule has 1 saturated carbocycles. The quantitative estimate of drug-likeness (QED) is 0.449. The maximum Gasteiger partial charge on any atom is 0.422 e. The van der Waals surface area contributed by atoms with E-state index in [0.29, 0.717) is 18.0 Å². The Bertz CT molecular complexity index is 1270. The Morgan fingerprint density at radius 1 is 1.26 bits per heavy atom. The van der Waals surface area contributed by atoms with E-state index in [1.54, 1.807) is 11.8 Å². The second-order valence-corrected chi connectivity index (χ2v) is 11.2. The number of hydrogen-bond donors (Lipinski definition) is 1. The molecule has 1 fully saturated rings. The number of hydrogen-bond acceptors (Lipinski definition) is 7. The van der Waals surface area contributed by atoms with E-state index in [-0.39, 0.29) is 23.2 Å². The van der Waals surface area contributed by atoms with Crippen LogP contribution in [-0.2, 0) is 24.8 Å². The van der Waals surface area contributed by atoms with Crippen molar-refractivity contribution < 1.29 is 27.4 Å². The third-order valence-corrected chi connectivity index (χ3v) is 8.50. The summed E-state index contributed by atoms with van der Waals surface area (Å²) in [6, 6.07) is 5.71. The molecule has 5 rings (SSSR count). The van der Waals surface area contributed by atoms with Crippen molar-refractivity contribution in [3.05, 3.63) is 40.5 Å². The number of alkyl halides is 3. The molecule has 1 N–H and O–H groups in total. The van der Waals surface area contributed by atoms with Crippen molar-refractivity contribution >= 4 is 28.1 Å². The van der Waals surface area contributed by atoms with Gasteiger partial charge in [-0.05, 0) is 50.2 Å². The van der Waals surface area contributed by atoms with Crippen molar-refractivity contribution in [1.82, 2.24) is 25.0 Å². The largest absolute Gasteiger partial charge is 0.460 e. The van der Waals surface area contributed by atoms with Crippen LogP contribution in [0.3, 0.4) is 0 Å². The number of carbonyl (C=O) groups is 1. The summed E-state index contributed by atoms with van der Waals surface area (Å²) >= 11 is 1.21. The van der Waals surface area contributed by atoms with E-state index in [1.165, 1.54) is 11.3 Å². The zero-order valence-electron chi connectivity index (χ0n) is 21.5. The smallest absolute Gasteiger partial charge is 0.422 e. The molecule has 1 aliphatic carbocycles. The van der Waals surface area contributed by atoms with Crippen molar-refractivity contribution in [2.24, 2.45) is 13.0 Å². The summed E-state index contributed by atoms with van der Waals surface area (Å²) in [5.74, 6) is 0.304. The van der Waals surface area contributed by atoms with Crippen LogP contribution in [0.2, 0.25) is 0 Å². The minimum atomic E-state index is -4.38. The Kier molecular flexibility index (Phi) is 7.92. The van der Waals surface area contributed by atoms with E-state index in [2.05, 4.69) is 20.3 Å². The number of fused-ring (bicyclic) bond motifs is 2. The molecule has 3 aromatic rings. The van der Waals surface area contributed by atoms with E-state index < -0.39 is 12.8 Å². The lowest BCUT2D eigenvalue weighted by Crippen LogP contribution is -2.44. The number of nitrogens with zero attached hydrogens (tertiary/aromatic N) is 4. The number of carbonyl (C=O) groups excluding carboxylic acids is 1. The third kappa shape index (κ3) is 6.29. The first-order valence-electron chi connectivity index (χ1n) is 12.8. The highest BCUT2D eigenvalue weighted by molar-refractivity contribution is 7.13. The van der Waals surface area contributed by atoms with E-state index in [1.807, 2.05) is 31.4 Å². The van der Waals surface area contributed by atoms with Crippen LogP contribution in [0.4, 0.5) is 13.2 Å². The molecule has 1 aromatic carbocycles. The molecule has 2 aromatic heterocycles. The normalized spacial score (nSPS) is 21.3. The van der Waals surface area contributed by atoms with Crippen LogP contribution in [0.25, 0.3) is 10.9 Å². The number of aromatic nitrogens is 3. The number of amides is 1. The minimum Gasteiger partial charge on any atom is -0.460 e. The second kappa shape index (κ2) is 11.2. The van der Waals surface area contributed by atoms with Crippen molar-refractivity contribution in [2.45, 2.75) is 57.0 Å². The summed E-state index contributed by atoms with van der Waals surface area (Å²) in [6.45, 7) is 0.791. The van der Waals surface area contributed by atoms with Gasteiger partial charge in [-0.25, -0.2) is 4.98 Å². The highest BCUT2D eigenvalue weighted by Gasteiger charge is 2.32. The fourth-order valence-electron chi connectivity index (χ4n) is 5.52. The number of halogens is 3. The molecule has 12 heteroatoms. The molecule has 38 heavy (non-hydrogen) atoms. The monoisotopic (exact) mass is 551 g/mol. The summed E-state index contributed by atoms with van der Waals surface area (Å²) in [5, 5.41) is 8.53. The lowest BCUT2D eigenvalue weighted by molar-refractivity contribution is -0.153. The lowest BCUT2D eigenvalue weighted by atomic mass is 9.82. The van der Waals surface area contributed by atoms with Crippen LogP contribution >= 0.6 is 11.3 Å². The maximum atomic E-state index is 13.0. The van der Waals surface area contributed by atoms with E-state index in [9.17, 15) is 18.0 Å². The van der Waals surface area contributed by atoms with Crippen LogP contribution in [0.1, 0.15) is 46.6 Å². The third-order valence-electron chi connectivity index (χ3n) is 7.43. The maximum absolute atomic E-state index is 13.0. The predicted octanol–water partition coefficient (Wildman–Crippen LogP) is 4.33. The summed E-state index contributed by atoms with van der Waals surface area (Å²) in [6.07, 6.45) is 1.94. The Balaban J connectivity index is 1.12. The van der Waals surface area contributed by atoms with Gasteiger partial charge in [0.15, 0.2) is 6.61 Å². The van der Waals surface area contributed by atoms with Crippen molar-refractivity contribution in [3.63, 3.8) is 0 Å². The Morgan fingerprint density at radius 3 is 2.79 bits per heavy atom. The molecule has 8 nitrogen and oxygen atoms in total. The number of nitrogens with one attached hydrogen (secondary N) is 1. The highest BCUT2D eigenvalue weighted by Crippen LogP contribution is 2.33. The summed E-state index contributed by atoms with van der Waals surface area (Å²) in [5.41, 5.74) is 2.24. The molecule has 206 valence electrons. The molecule has 0 unspecified atom stereocenters. The first-order valence-corrected chi connectivity index (χ1v) is 13.7. The van der Waals surface area contributed by atoms with Gasteiger partial charge in [0.25, 0.3) is 11.1 Å². The van der Waals surface area contributed by atoms with E-state index in [0.717, 1.165) is 66.7 Å². The molecule has 1 atom stereocenters. The van der Waals surface area contributed by atoms with Crippen LogP contribution in [0, 0.1) is 5.92 Å². The Labute approximate surface area is 223 Å². The second-order valence-electron chi connectivity index (χ2n) is 10.1. The van der Waals surface area contributed by atoms with Gasteiger partial charge < -0.3 is 14.8 Å². The van der Waals surface area contributed by atoms with Crippen molar-refractivity contribution in [3.8, 4) is 5.19 Å². The molecule has 1 amide bonds. The van der Waals surface area contributed by atoms with Gasteiger partial charge in [0.1, 0.15) is 0 Å². The first kappa shape index (κ1) is 26.9. The zero-order chi connectivity index (χ0) is 26.9. The summed E-state index contributed by atoms with van der Waals surface area (Å²) in [4.78, 5) is 20.6. The lowest BCUT2D eigenvalue weighted by Gasteiger charge is -2.36. The minimum absolute atomic E-state index is 0.0388. The first-order chi connectivity index (χ1) is 18.2. The van der Waals surface area contributed by atoms with Gasteiger partial charge in [-0.15, -0.1) is 0 Å². The molecule has 0 saturated heterocycles. The zero-order valence-corrected chi connectivity index (χ0v) is 22.3. The molecule has 3 heterocycles. The molecule has 0 radical (unpaired) electrons. The SMILES string of the molecule is CO[C@@H](CN1CCc2sc(OCC(F)(F)F)nc2C1)[C@H]1CC[C@H](NC(=O)c2cccc3nn(C)cc23)CC1. The van der Waals surface area contributed by atoms with Crippen molar-refractivity contribution in [1.29, 1.82) is 0 Å². The molecule has 1 aliphatic heterocycles. The van der Waals surface area contributed by atoms with Crippen molar-refractivity contribution in [2.75, 3.05) is 26.8 Å². The van der Waals surface area contributed by atoms with Gasteiger partial charge in [-0.3, -0.25) is 14.4 Å². The van der Waals surface area contributed by atoms with Gasteiger partial charge in [0.05, 0.1) is 22.9 Å². The number of thiazole rings is 1. The molecule has 2 aliphatic rings. The number of aryl methyl sites for hydroxylation is 1. The molecule has 0 spiro atoms. The summed E-state index contributed by atoms with van der Waals surface area (Å²) in [7, 11) is 3.58.